The molecule has 0 bridgehead atoms. The fourth-order valence-corrected chi connectivity index (χ4v) is 5.09. The minimum absolute atomic E-state index is 0.0398. The van der Waals surface area contributed by atoms with E-state index in [0.717, 1.165) is 37.2 Å². The maximum absolute atomic E-state index is 13.1. The van der Waals surface area contributed by atoms with Crippen molar-refractivity contribution in [1.82, 2.24) is 24.3 Å². The molecule has 0 atom stereocenters. The van der Waals surface area contributed by atoms with Gasteiger partial charge in [0, 0.05) is 35.6 Å². The molecule has 8 heteroatoms. The first-order chi connectivity index (χ1) is 15.8. The second-order valence-corrected chi connectivity index (χ2v) is 9.18. The Hall–Kier alpha value is -3.39. The molecule has 0 spiro atoms. The van der Waals surface area contributed by atoms with Crippen LogP contribution < -0.4 is 10.5 Å². The summed E-state index contributed by atoms with van der Waals surface area (Å²) >= 11 is 1.93. The molecule has 0 N–H and O–H groups in total. The van der Waals surface area contributed by atoms with Crippen molar-refractivity contribution in [2.24, 2.45) is 0 Å². The Labute approximate surface area is 190 Å². The molecule has 2 aromatic heterocycles. The van der Waals surface area contributed by atoms with E-state index in [-0.39, 0.29) is 5.56 Å². The van der Waals surface area contributed by atoms with Crippen LogP contribution in [0.5, 0.6) is 0 Å². The Morgan fingerprint density at radius 2 is 1.78 bits per heavy atom. The van der Waals surface area contributed by atoms with Crippen LogP contribution in [-0.4, -0.2) is 42.7 Å². The molecule has 0 saturated carbocycles. The molecule has 0 unspecified atom stereocenters. The monoisotopic (exact) mass is 444 g/mol. The lowest BCUT2D eigenvalue weighted by Crippen LogP contribution is -2.40. The van der Waals surface area contributed by atoms with Crippen LogP contribution in [0.2, 0.25) is 0 Å². The quantitative estimate of drug-likeness (QED) is 0.452. The second kappa shape index (κ2) is 9.40. The molecular formula is C24H24N6OS. The first-order valence-corrected chi connectivity index (χ1v) is 11.6. The molecule has 1 fully saturated rings. The minimum Gasteiger partial charge on any atom is -0.352 e. The summed E-state index contributed by atoms with van der Waals surface area (Å²) in [6.45, 7) is 2.21. The van der Waals surface area contributed by atoms with E-state index in [0.29, 0.717) is 17.6 Å². The van der Waals surface area contributed by atoms with Crippen molar-refractivity contribution in [3.63, 3.8) is 0 Å². The largest absolute Gasteiger partial charge is 0.352 e. The van der Waals surface area contributed by atoms with Gasteiger partial charge in [-0.2, -0.15) is 5.10 Å². The molecule has 0 amide bonds. The third-order valence-corrected chi connectivity index (χ3v) is 7.00. The van der Waals surface area contributed by atoms with Crippen LogP contribution in [0.15, 0.2) is 89.3 Å². The van der Waals surface area contributed by atoms with Gasteiger partial charge in [-0.25, -0.2) is 14.6 Å². The maximum Gasteiger partial charge on any atom is 0.293 e. The number of piperidine rings is 1. The Balaban J connectivity index is 1.24. The number of hydrogen-bond donors (Lipinski definition) is 0. The highest BCUT2D eigenvalue weighted by atomic mass is 32.2. The van der Waals surface area contributed by atoms with Crippen LogP contribution in [0.3, 0.4) is 0 Å². The highest BCUT2D eigenvalue weighted by Crippen LogP contribution is 2.30. The Bertz CT molecular complexity index is 1200. The predicted molar refractivity (Wildman–Crippen MR) is 126 cm³/mol. The number of hydrogen-bond acceptors (Lipinski definition) is 6. The van der Waals surface area contributed by atoms with E-state index in [9.17, 15) is 4.79 Å². The normalized spacial score (nSPS) is 14.6. The number of aromatic nitrogens is 5. The van der Waals surface area contributed by atoms with Crippen molar-refractivity contribution in [2.75, 3.05) is 18.0 Å². The van der Waals surface area contributed by atoms with Crippen LogP contribution in [-0.2, 0) is 6.54 Å². The van der Waals surface area contributed by atoms with E-state index in [1.807, 2.05) is 42.1 Å². The van der Waals surface area contributed by atoms with E-state index >= 15 is 0 Å². The van der Waals surface area contributed by atoms with Crippen molar-refractivity contribution < 1.29 is 0 Å². The highest BCUT2D eigenvalue weighted by molar-refractivity contribution is 8.00. The van der Waals surface area contributed by atoms with Crippen molar-refractivity contribution in [3.8, 4) is 5.69 Å². The van der Waals surface area contributed by atoms with Gasteiger partial charge < -0.3 is 9.47 Å². The van der Waals surface area contributed by atoms with Gasteiger partial charge in [-0.1, -0.05) is 30.3 Å². The molecule has 0 aliphatic carbocycles. The lowest BCUT2D eigenvalue weighted by molar-refractivity contribution is 0.579. The van der Waals surface area contributed by atoms with E-state index in [1.165, 1.54) is 11.2 Å². The maximum atomic E-state index is 13.1. The van der Waals surface area contributed by atoms with E-state index < -0.39 is 0 Å². The average molecular weight is 445 g/mol. The average Bonchev–Trinajstić information content (AvgIpc) is 3.37. The summed E-state index contributed by atoms with van der Waals surface area (Å²) in [5.74, 6) is 0.551. The van der Waals surface area contributed by atoms with E-state index in [4.69, 9.17) is 0 Å². The standard InChI is InChI=1S/C24H24N6OS/c31-24-23(28-13-10-22(11-14-28)32-21-4-2-1-3-5-21)26-12-15-29(24)16-19-6-8-20(9-7-19)30-18-25-17-27-30/h1-9,12,15,17-18,22H,10-11,13-14,16H2. The molecule has 1 aliphatic heterocycles. The van der Waals surface area contributed by atoms with Gasteiger partial charge in [0.15, 0.2) is 5.82 Å². The fourth-order valence-electron chi connectivity index (χ4n) is 3.95. The van der Waals surface area contributed by atoms with Crippen LogP contribution in [0.1, 0.15) is 18.4 Å². The summed E-state index contributed by atoms with van der Waals surface area (Å²) in [6.07, 6.45) is 8.74. The van der Waals surface area contributed by atoms with Gasteiger partial charge in [-0.15, -0.1) is 11.8 Å². The van der Waals surface area contributed by atoms with Crippen molar-refractivity contribution in [1.29, 1.82) is 0 Å². The van der Waals surface area contributed by atoms with Gasteiger partial charge in [0.1, 0.15) is 12.7 Å². The van der Waals surface area contributed by atoms with Crippen molar-refractivity contribution in [2.45, 2.75) is 29.5 Å². The minimum atomic E-state index is -0.0398. The summed E-state index contributed by atoms with van der Waals surface area (Å²) in [5, 5.41) is 4.71. The fraction of sp³-hybridized carbons (Fsp3) is 0.250. The highest BCUT2D eigenvalue weighted by Gasteiger charge is 2.23. The van der Waals surface area contributed by atoms with Crippen LogP contribution >= 0.6 is 11.8 Å². The Kier molecular flexibility index (Phi) is 6.02. The van der Waals surface area contributed by atoms with Gasteiger partial charge in [0.2, 0.25) is 0 Å². The van der Waals surface area contributed by atoms with Gasteiger partial charge in [-0.3, -0.25) is 4.79 Å². The Morgan fingerprint density at radius 3 is 2.50 bits per heavy atom. The first-order valence-electron chi connectivity index (χ1n) is 10.7. The lowest BCUT2D eigenvalue weighted by atomic mass is 10.1. The van der Waals surface area contributed by atoms with Crippen LogP contribution in [0.4, 0.5) is 5.82 Å². The van der Waals surface area contributed by atoms with Gasteiger partial charge >= 0.3 is 0 Å². The Morgan fingerprint density at radius 1 is 1.00 bits per heavy atom. The van der Waals surface area contributed by atoms with Gasteiger partial charge in [0.25, 0.3) is 5.56 Å². The SMILES string of the molecule is O=c1c(N2CCC(Sc3ccccc3)CC2)nccn1Cc1ccc(-n2cncn2)cc1. The molecule has 1 saturated heterocycles. The van der Waals surface area contributed by atoms with Gasteiger partial charge in [0.05, 0.1) is 12.2 Å². The predicted octanol–water partition coefficient (Wildman–Crippen LogP) is 3.63. The molecule has 0 radical (unpaired) electrons. The summed E-state index contributed by atoms with van der Waals surface area (Å²) in [4.78, 5) is 25.0. The molecule has 3 heterocycles. The number of thioether (sulfide) groups is 1. The third kappa shape index (κ3) is 4.60. The zero-order valence-corrected chi connectivity index (χ0v) is 18.4. The molecule has 7 nitrogen and oxygen atoms in total. The van der Waals surface area contributed by atoms with Crippen LogP contribution in [0, 0.1) is 0 Å². The first kappa shape index (κ1) is 20.5. The van der Waals surface area contributed by atoms with Crippen molar-refractivity contribution in [3.05, 3.63) is 95.6 Å². The number of nitrogens with zero attached hydrogens (tertiary/aromatic N) is 6. The number of benzene rings is 2. The molecule has 32 heavy (non-hydrogen) atoms. The molecule has 4 aromatic rings. The molecule has 162 valence electrons. The zero-order valence-electron chi connectivity index (χ0n) is 17.6. The van der Waals surface area contributed by atoms with Gasteiger partial charge in [-0.05, 0) is 42.7 Å². The number of anilines is 1. The van der Waals surface area contributed by atoms with Crippen LogP contribution in [0.25, 0.3) is 5.69 Å². The summed E-state index contributed by atoms with van der Waals surface area (Å²) in [6, 6.07) is 18.5. The molecule has 2 aromatic carbocycles. The zero-order chi connectivity index (χ0) is 21.8. The third-order valence-electron chi connectivity index (χ3n) is 5.66. The molecule has 5 rings (SSSR count). The van der Waals surface area contributed by atoms with E-state index in [2.05, 4.69) is 44.2 Å². The lowest BCUT2D eigenvalue weighted by Gasteiger charge is -2.32. The van der Waals surface area contributed by atoms with E-state index in [1.54, 1.807) is 28.0 Å². The molecule has 1 aliphatic rings. The topological polar surface area (TPSA) is 68.8 Å². The number of rotatable bonds is 6. The summed E-state index contributed by atoms with van der Waals surface area (Å²) in [5.41, 5.74) is 1.94. The summed E-state index contributed by atoms with van der Waals surface area (Å²) in [7, 11) is 0. The molecular weight excluding hydrogens is 420 g/mol. The smallest absolute Gasteiger partial charge is 0.293 e. The second-order valence-electron chi connectivity index (χ2n) is 7.81. The summed E-state index contributed by atoms with van der Waals surface area (Å²) < 4.78 is 3.44. The van der Waals surface area contributed by atoms with Crippen molar-refractivity contribution >= 4 is 17.6 Å².